The summed E-state index contributed by atoms with van der Waals surface area (Å²) >= 11 is 0. The quantitative estimate of drug-likeness (QED) is 0.908. The van der Waals surface area contributed by atoms with Gasteiger partial charge in [0, 0.05) is 6.54 Å². The summed E-state index contributed by atoms with van der Waals surface area (Å²) < 4.78 is 28.7. The van der Waals surface area contributed by atoms with Gasteiger partial charge in [0.05, 0.1) is 0 Å². The smallest absolute Gasteiger partial charge is 0.252 e. The molecule has 0 amide bonds. The Balaban J connectivity index is 2.39. The molecule has 19 heavy (non-hydrogen) atoms. The summed E-state index contributed by atoms with van der Waals surface area (Å²) in [5, 5.41) is 15.2. The van der Waals surface area contributed by atoms with Gasteiger partial charge in [-0.3, -0.25) is 0 Å². The first-order valence-corrected chi connectivity index (χ1v) is 5.66. The van der Waals surface area contributed by atoms with Crippen molar-refractivity contribution in [3.8, 4) is 11.8 Å². The molecule has 98 valence electrons. The highest BCUT2D eigenvalue weighted by molar-refractivity contribution is 5.37. The predicted octanol–water partition coefficient (Wildman–Crippen LogP) is 1.53. The number of nitrogens with one attached hydrogen (secondary N) is 1. The highest BCUT2D eigenvalue weighted by atomic mass is 19.1. The number of hydrogen-bond acceptors (Lipinski definition) is 4. The molecule has 2 rings (SSSR count). The lowest BCUT2D eigenvalue weighted by Gasteiger charge is -2.08. The zero-order chi connectivity index (χ0) is 13.8. The standard InChI is InChI=1S/C12H11F2N5/c1-2-16-6-8-3-9(13)12(10(14)4-8)19-7-17-11(5-15)18-19/h3-4,7,16H,2,6H2,1H3. The van der Waals surface area contributed by atoms with Crippen LogP contribution in [0.4, 0.5) is 8.78 Å². The molecule has 0 aliphatic heterocycles. The fourth-order valence-electron chi connectivity index (χ4n) is 1.63. The molecule has 0 radical (unpaired) electrons. The molecule has 5 nitrogen and oxygen atoms in total. The highest BCUT2D eigenvalue weighted by Crippen LogP contribution is 2.19. The van der Waals surface area contributed by atoms with E-state index < -0.39 is 11.6 Å². The Bertz CT molecular complexity index is 606. The van der Waals surface area contributed by atoms with E-state index in [-0.39, 0.29) is 11.5 Å². The highest BCUT2D eigenvalue weighted by Gasteiger charge is 2.15. The first-order chi connectivity index (χ1) is 9.15. The minimum Gasteiger partial charge on any atom is -0.313 e. The monoisotopic (exact) mass is 263 g/mol. The Kier molecular flexibility index (Phi) is 3.82. The third-order valence-corrected chi connectivity index (χ3v) is 2.48. The lowest BCUT2D eigenvalue weighted by atomic mass is 10.2. The second-order valence-corrected chi connectivity index (χ2v) is 3.81. The summed E-state index contributed by atoms with van der Waals surface area (Å²) in [4.78, 5) is 3.61. The number of nitriles is 1. The molecule has 0 atom stereocenters. The second-order valence-electron chi connectivity index (χ2n) is 3.81. The maximum absolute atomic E-state index is 13.9. The Labute approximate surface area is 108 Å². The number of aromatic nitrogens is 3. The van der Waals surface area contributed by atoms with Crippen LogP contribution in [-0.4, -0.2) is 21.3 Å². The molecule has 0 aliphatic carbocycles. The molecular weight excluding hydrogens is 252 g/mol. The van der Waals surface area contributed by atoms with Crippen LogP contribution >= 0.6 is 0 Å². The van der Waals surface area contributed by atoms with E-state index in [9.17, 15) is 8.78 Å². The van der Waals surface area contributed by atoms with Crippen molar-refractivity contribution < 1.29 is 8.78 Å². The largest absolute Gasteiger partial charge is 0.313 e. The van der Waals surface area contributed by atoms with Gasteiger partial charge >= 0.3 is 0 Å². The van der Waals surface area contributed by atoms with Crippen molar-refractivity contribution in [3.05, 3.63) is 41.5 Å². The fourth-order valence-corrected chi connectivity index (χ4v) is 1.63. The maximum Gasteiger partial charge on any atom is 0.252 e. The van der Waals surface area contributed by atoms with E-state index in [1.54, 1.807) is 6.07 Å². The molecule has 2 aromatic rings. The molecule has 0 saturated heterocycles. The average Bonchev–Trinajstić information content (AvgIpc) is 2.84. The molecule has 0 aliphatic rings. The lowest BCUT2D eigenvalue weighted by molar-refractivity contribution is 0.554. The van der Waals surface area contributed by atoms with Crippen LogP contribution in [0.25, 0.3) is 5.69 Å². The first-order valence-electron chi connectivity index (χ1n) is 5.66. The number of hydrogen-bond donors (Lipinski definition) is 1. The van der Waals surface area contributed by atoms with E-state index in [0.717, 1.165) is 11.0 Å². The van der Waals surface area contributed by atoms with Crippen LogP contribution < -0.4 is 5.32 Å². The summed E-state index contributed by atoms with van der Waals surface area (Å²) in [6, 6.07) is 4.16. The van der Waals surface area contributed by atoms with Crippen LogP contribution in [0.2, 0.25) is 0 Å². The Hall–Kier alpha value is -2.33. The molecule has 0 unspecified atom stereocenters. The van der Waals surface area contributed by atoms with Crippen LogP contribution in [0, 0.1) is 23.0 Å². The Morgan fingerprint density at radius 3 is 2.58 bits per heavy atom. The first kappa shape index (κ1) is 13.1. The Morgan fingerprint density at radius 2 is 2.05 bits per heavy atom. The summed E-state index contributed by atoms with van der Waals surface area (Å²) in [6.45, 7) is 2.99. The molecule has 1 N–H and O–H groups in total. The topological polar surface area (TPSA) is 66.5 Å². The zero-order valence-corrected chi connectivity index (χ0v) is 10.2. The van der Waals surface area contributed by atoms with E-state index in [0.29, 0.717) is 18.7 Å². The van der Waals surface area contributed by atoms with Gasteiger partial charge in [0.15, 0.2) is 11.6 Å². The van der Waals surface area contributed by atoms with E-state index in [4.69, 9.17) is 5.26 Å². The van der Waals surface area contributed by atoms with Crippen molar-refractivity contribution in [1.82, 2.24) is 20.1 Å². The number of rotatable bonds is 4. The van der Waals surface area contributed by atoms with Crippen molar-refractivity contribution in [3.63, 3.8) is 0 Å². The molecular formula is C12H11F2N5. The van der Waals surface area contributed by atoms with E-state index in [1.807, 2.05) is 6.92 Å². The van der Waals surface area contributed by atoms with E-state index >= 15 is 0 Å². The van der Waals surface area contributed by atoms with Crippen LogP contribution in [0.3, 0.4) is 0 Å². The fraction of sp³-hybridized carbons (Fsp3) is 0.250. The summed E-state index contributed by atoms with van der Waals surface area (Å²) in [5.41, 5.74) is 0.162. The van der Waals surface area contributed by atoms with E-state index in [2.05, 4.69) is 15.4 Å². The predicted molar refractivity (Wildman–Crippen MR) is 63.4 cm³/mol. The summed E-state index contributed by atoms with van der Waals surface area (Å²) in [7, 11) is 0. The maximum atomic E-state index is 13.9. The van der Waals surface area contributed by atoms with Gasteiger partial charge in [0.1, 0.15) is 18.1 Å². The SMILES string of the molecule is CCNCc1cc(F)c(-n2cnc(C#N)n2)c(F)c1. The van der Waals surface area contributed by atoms with Gasteiger partial charge in [-0.1, -0.05) is 6.92 Å². The van der Waals surface area contributed by atoms with Gasteiger partial charge in [-0.05, 0) is 24.2 Å². The zero-order valence-electron chi connectivity index (χ0n) is 10.2. The lowest BCUT2D eigenvalue weighted by Crippen LogP contribution is -2.13. The second kappa shape index (κ2) is 5.54. The Morgan fingerprint density at radius 1 is 1.37 bits per heavy atom. The third kappa shape index (κ3) is 2.74. The van der Waals surface area contributed by atoms with Crippen molar-refractivity contribution in [1.29, 1.82) is 5.26 Å². The van der Waals surface area contributed by atoms with Crippen LogP contribution in [0.5, 0.6) is 0 Å². The molecule has 1 aromatic heterocycles. The van der Waals surface area contributed by atoms with E-state index in [1.165, 1.54) is 12.1 Å². The van der Waals surface area contributed by atoms with Crippen LogP contribution in [0.15, 0.2) is 18.5 Å². The summed E-state index contributed by atoms with van der Waals surface area (Å²) in [6.07, 6.45) is 1.10. The number of benzene rings is 1. The van der Waals surface area contributed by atoms with Gasteiger partial charge in [-0.25, -0.2) is 18.4 Å². The summed E-state index contributed by atoms with van der Waals surface area (Å²) in [5.74, 6) is -1.64. The van der Waals surface area contributed by atoms with Gasteiger partial charge in [0.25, 0.3) is 5.82 Å². The number of halogens is 2. The normalized spacial score (nSPS) is 10.4. The molecule has 0 saturated carbocycles. The molecule has 0 fully saturated rings. The minimum atomic E-state index is -0.748. The van der Waals surface area contributed by atoms with Crippen molar-refractivity contribution in [2.45, 2.75) is 13.5 Å². The number of nitrogens with zero attached hydrogens (tertiary/aromatic N) is 4. The van der Waals surface area contributed by atoms with Crippen LogP contribution in [-0.2, 0) is 6.54 Å². The average molecular weight is 263 g/mol. The van der Waals surface area contributed by atoms with Gasteiger partial charge in [-0.15, -0.1) is 5.10 Å². The van der Waals surface area contributed by atoms with Crippen molar-refractivity contribution in [2.24, 2.45) is 0 Å². The molecule has 1 heterocycles. The van der Waals surface area contributed by atoms with Gasteiger partial charge in [-0.2, -0.15) is 5.26 Å². The van der Waals surface area contributed by atoms with Crippen LogP contribution in [0.1, 0.15) is 18.3 Å². The minimum absolute atomic E-state index is 0.143. The van der Waals surface area contributed by atoms with Gasteiger partial charge < -0.3 is 5.32 Å². The molecule has 0 spiro atoms. The molecule has 0 bridgehead atoms. The molecule has 1 aromatic carbocycles. The van der Waals surface area contributed by atoms with Crippen molar-refractivity contribution >= 4 is 0 Å². The van der Waals surface area contributed by atoms with Gasteiger partial charge in [0.2, 0.25) is 0 Å². The van der Waals surface area contributed by atoms with Crippen molar-refractivity contribution in [2.75, 3.05) is 6.54 Å². The third-order valence-electron chi connectivity index (χ3n) is 2.48. The molecule has 7 heteroatoms.